The number of fused-ring (bicyclic) bond motifs is 2. The van der Waals surface area contributed by atoms with Crippen molar-refractivity contribution in [2.45, 2.75) is 24.4 Å². The second-order valence-electron chi connectivity index (χ2n) is 8.80. The van der Waals surface area contributed by atoms with E-state index in [9.17, 15) is 36.2 Å². The van der Waals surface area contributed by atoms with E-state index in [1.54, 1.807) is 18.2 Å². The molecule has 0 unspecified atom stereocenters. The van der Waals surface area contributed by atoms with Crippen LogP contribution in [0.25, 0.3) is 27.4 Å². The largest absolute Gasteiger partial charge is 0.430 e. The Morgan fingerprint density at radius 1 is 0.737 bits per heavy atom. The SMILES string of the molecule is O=c1c2ccccc2nc(Cc2ccc3ccccc3c2)n1-c1ccc(C(O)(C(F)(F)F)C(F)(F)F)cc1. The third-order valence-electron chi connectivity index (χ3n) is 6.39. The molecular formula is C28H18F6N2O2. The molecule has 0 amide bonds. The molecule has 4 aromatic carbocycles. The van der Waals surface area contributed by atoms with E-state index in [-0.39, 0.29) is 23.3 Å². The Balaban J connectivity index is 1.66. The number of nitrogens with zero attached hydrogens (tertiary/aromatic N) is 2. The highest BCUT2D eigenvalue weighted by atomic mass is 19.4. The van der Waals surface area contributed by atoms with Crippen LogP contribution in [0.2, 0.25) is 0 Å². The highest BCUT2D eigenvalue weighted by Crippen LogP contribution is 2.50. The minimum Gasteiger partial charge on any atom is -0.369 e. The fourth-order valence-corrected chi connectivity index (χ4v) is 4.43. The van der Waals surface area contributed by atoms with Crippen LogP contribution in [0, 0.1) is 0 Å². The van der Waals surface area contributed by atoms with Crippen LogP contribution in [0.15, 0.2) is 95.8 Å². The number of para-hydroxylation sites is 1. The molecule has 1 N–H and O–H groups in total. The van der Waals surface area contributed by atoms with Gasteiger partial charge in [0.2, 0.25) is 0 Å². The van der Waals surface area contributed by atoms with Crippen molar-refractivity contribution >= 4 is 21.7 Å². The van der Waals surface area contributed by atoms with E-state index in [0.29, 0.717) is 17.6 Å². The van der Waals surface area contributed by atoms with Gasteiger partial charge < -0.3 is 5.11 Å². The Morgan fingerprint density at radius 2 is 1.34 bits per heavy atom. The van der Waals surface area contributed by atoms with Crippen LogP contribution >= 0.6 is 0 Å². The maximum absolute atomic E-state index is 13.5. The number of alkyl halides is 6. The first kappa shape index (κ1) is 25.5. The Bertz CT molecular complexity index is 1690. The predicted molar refractivity (Wildman–Crippen MR) is 130 cm³/mol. The van der Waals surface area contributed by atoms with Crippen molar-refractivity contribution in [3.63, 3.8) is 0 Å². The van der Waals surface area contributed by atoms with E-state index in [4.69, 9.17) is 0 Å². The van der Waals surface area contributed by atoms with E-state index in [2.05, 4.69) is 4.98 Å². The molecule has 1 aromatic heterocycles. The quantitative estimate of drug-likeness (QED) is 0.273. The molecule has 10 heteroatoms. The van der Waals surface area contributed by atoms with E-state index in [0.717, 1.165) is 33.0 Å². The van der Waals surface area contributed by atoms with Gasteiger partial charge in [-0.1, -0.05) is 66.7 Å². The first-order chi connectivity index (χ1) is 17.9. The lowest BCUT2D eigenvalue weighted by Gasteiger charge is -2.32. The summed E-state index contributed by atoms with van der Waals surface area (Å²) >= 11 is 0. The number of aliphatic hydroxyl groups is 1. The number of benzene rings is 4. The molecule has 1 heterocycles. The van der Waals surface area contributed by atoms with Gasteiger partial charge in [0.15, 0.2) is 0 Å². The van der Waals surface area contributed by atoms with E-state index in [1.165, 1.54) is 6.07 Å². The summed E-state index contributed by atoms with van der Waals surface area (Å²) in [5.74, 6) is 0.235. The monoisotopic (exact) mass is 528 g/mol. The number of hydrogen-bond donors (Lipinski definition) is 1. The smallest absolute Gasteiger partial charge is 0.369 e. The molecule has 0 saturated carbocycles. The lowest BCUT2D eigenvalue weighted by Crippen LogP contribution is -2.53. The van der Waals surface area contributed by atoms with Crippen LogP contribution in [-0.4, -0.2) is 27.0 Å². The molecule has 0 aliphatic heterocycles. The number of rotatable bonds is 4. The molecule has 0 fully saturated rings. The first-order valence-electron chi connectivity index (χ1n) is 11.4. The Morgan fingerprint density at radius 3 is 2.00 bits per heavy atom. The maximum Gasteiger partial charge on any atom is 0.430 e. The van der Waals surface area contributed by atoms with Gasteiger partial charge in [-0.25, -0.2) is 4.98 Å². The highest BCUT2D eigenvalue weighted by Gasteiger charge is 2.71. The molecule has 5 aromatic rings. The van der Waals surface area contributed by atoms with Crippen molar-refractivity contribution in [3.05, 3.63) is 118 Å². The molecule has 0 bridgehead atoms. The summed E-state index contributed by atoms with van der Waals surface area (Å²) in [4.78, 5) is 18.1. The Hall–Kier alpha value is -4.18. The average Bonchev–Trinajstić information content (AvgIpc) is 2.87. The van der Waals surface area contributed by atoms with Crippen molar-refractivity contribution in [1.29, 1.82) is 0 Å². The van der Waals surface area contributed by atoms with Crippen LogP contribution in [0.4, 0.5) is 26.3 Å². The topological polar surface area (TPSA) is 55.1 Å². The highest BCUT2D eigenvalue weighted by molar-refractivity contribution is 5.83. The van der Waals surface area contributed by atoms with E-state index >= 15 is 0 Å². The summed E-state index contributed by atoms with van der Waals surface area (Å²) in [7, 11) is 0. The van der Waals surface area contributed by atoms with Crippen LogP contribution in [0.5, 0.6) is 0 Å². The van der Waals surface area contributed by atoms with Crippen molar-refractivity contribution in [1.82, 2.24) is 9.55 Å². The molecule has 5 rings (SSSR count). The van der Waals surface area contributed by atoms with Gasteiger partial charge in [0.05, 0.1) is 16.6 Å². The normalized spacial score (nSPS) is 12.8. The van der Waals surface area contributed by atoms with Gasteiger partial charge in [-0.15, -0.1) is 0 Å². The van der Waals surface area contributed by atoms with Crippen LogP contribution in [0.3, 0.4) is 0 Å². The molecule has 0 aliphatic rings. The number of hydrogen-bond acceptors (Lipinski definition) is 3. The molecule has 0 aliphatic carbocycles. The zero-order chi connectivity index (χ0) is 27.3. The van der Waals surface area contributed by atoms with Gasteiger partial charge in [-0.05, 0) is 40.6 Å². The second-order valence-corrected chi connectivity index (χ2v) is 8.80. The lowest BCUT2D eigenvalue weighted by molar-refractivity contribution is -0.376. The molecular weight excluding hydrogens is 510 g/mol. The summed E-state index contributed by atoms with van der Waals surface area (Å²) in [5.41, 5.74) is -5.84. The minimum atomic E-state index is -6.02. The van der Waals surface area contributed by atoms with Crippen LogP contribution < -0.4 is 5.56 Å². The molecule has 0 spiro atoms. The summed E-state index contributed by atoms with van der Waals surface area (Å²) in [6.45, 7) is 0. The third-order valence-corrected chi connectivity index (χ3v) is 6.39. The molecule has 38 heavy (non-hydrogen) atoms. The molecule has 4 nitrogen and oxygen atoms in total. The molecule has 0 atom stereocenters. The fraction of sp³-hybridized carbons (Fsp3) is 0.143. The number of halogens is 6. The van der Waals surface area contributed by atoms with Crippen molar-refractivity contribution in [3.8, 4) is 5.69 Å². The second kappa shape index (κ2) is 8.98. The predicted octanol–water partition coefficient (Wildman–Crippen LogP) is 6.44. The van der Waals surface area contributed by atoms with Gasteiger partial charge in [0.1, 0.15) is 5.82 Å². The average molecular weight is 528 g/mol. The van der Waals surface area contributed by atoms with Crippen molar-refractivity contribution in [2.24, 2.45) is 0 Å². The standard InChI is InChI=1S/C28H18F6N2O2/c29-27(30,31)26(38,28(32,33)34)20-11-13-21(14-12-20)36-24(35-23-8-4-3-7-22(23)25(36)37)16-17-9-10-18-5-1-2-6-19(18)15-17/h1-15,38H,16H2. The van der Waals surface area contributed by atoms with Crippen molar-refractivity contribution < 1.29 is 31.4 Å². The summed E-state index contributed by atoms with van der Waals surface area (Å²) in [6.07, 6.45) is -11.9. The Labute approximate surface area is 211 Å². The Kier molecular flexibility index (Phi) is 6.02. The maximum atomic E-state index is 13.5. The van der Waals surface area contributed by atoms with Crippen LogP contribution in [-0.2, 0) is 12.0 Å². The minimum absolute atomic E-state index is 0.000471. The van der Waals surface area contributed by atoms with E-state index in [1.807, 2.05) is 42.5 Å². The van der Waals surface area contributed by atoms with Crippen LogP contribution in [0.1, 0.15) is 17.0 Å². The van der Waals surface area contributed by atoms with E-state index < -0.39 is 29.1 Å². The molecule has 194 valence electrons. The first-order valence-corrected chi connectivity index (χ1v) is 11.4. The lowest BCUT2D eigenvalue weighted by atomic mass is 9.92. The zero-order valence-electron chi connectivity index (χ0n) is 19.4. The summed E-state index contributed by atoms with van der Waals surface area (Å²) in [6, 6.07) is 22.7. The van der Waals surface area contributed by atoms with Crippen molar-refractivity contribution in [2.75, 3.05) is 0 Å². The third kappa shape index (κ3) is 4.20. The zero-order valence-corrected chi connectivity index (χ0v) is 19.4. The molecule has 0 saturated heterocycles. The number of aromatic nitrogens is 2. The summed E-state index contributed by atoms with van der Waals surface area (Å²) in [5, 5.41) is 11.9. The van der Waals surface area contributed by atoms with Gasteiger partial charge in [-0.2, -0.15) is 26.3 Å². The summed E-state index contributed by atoms with van der Waals surface area (Å²) < 4.78 is 81.1. The van der Waals surface area contributed by atoms with Gasteiger partial charge in [0.25, 0.3) is 11.2 Å². The van der Waals surface area contributed by atoms with Gasteiger partial charge in [-0.3, -0.25) is 9.36 Å². The van der Waals surface area contributed by atoms with Gasteiger partial charge in [0, 0.05) is 12.0 Å². The molecule has 0 radical (unpaired) electrons. The van der Waals surface area contributed by atoms with Gasteiger partial charge >= 0.3 is 12.4 Å². The fourth-order valence-electron chi connectivity index (χ4n) is 4.43.